The van der Waals surface area contributed by atoms with Gasteiger partial charge in [0.2, 0.25) is 0 Å². The van der Waals surface area contributed by atoms with Crippen LogP contribution in [0, 0.1) is 0 Å². The van der Waals surface area contributed by atoms with Gasteiger partial charge in [0.05, 0.1) is 5.69 Å². The molecule has 1 nitrogen and oxygen atoms in total. The molecule has 2 aromatic carbocycles. The Labute approximate surface area is 170 Å². The average Bonchev–Trinajstić information content (AvgIpc) is 2.78. The quantitative estimate of drug-likeness (QED) is 0.430. The Bertz CT molecular complexity index is 963. The van der Waals surface area contributed by atoms with Gasteiger partial charge in [0.25, 0.3) is 0 Å². The van der Waals surface area contributed by atoms with Crippen LogP contribution in [0.15, 0.2) is 72.9 Å². The summed E-state index contributed by atoms with van der Waals surface area (Å²) in [6.45, 7) is 11.2. The Morgan fingerprint density at radius 2 is 1.68 bits per heavy atom. The maximum Gasteiger partial charge on any atom is 0.0705 e. The van der Waals surface area contributed by atoms with Crippen LogP contribution in [-0.2, 0) is 5.41 Å². The number of hydrogen-bond acceptors (Lipinski definition) is 1. The Morgan fingerprint density at radius 1 is 0.929 bits per heavy atom. The number of benzene rings is 2. The highest BCUT2D eigenvalue weighted by atomic mass is 14.7. The summed E-state index contributed by atoms with van der Waals surface area (Å²) in [7, 11) is 0. The predicted molar refractivity (Wildman–Crippen MR) is 122 cm³/mol. The molecule has 0 aliphatic carbocycles. The van der Waals surface area contributed by atoms with E-state index in [0.717, 1.165) is 18.5 Å². The first-order valence-electron chi connectivity index (χ1n) is 10.3. The van der Waals surface area contributed by atoms with Crippen molar-refractivity contribution in [3.05, 3.63) is 84.1 Å². The number of rotatable bonds is 6. The third kappa shape index (κ3) is 3.94. The van der Waals surface area contributed by atoms with E-state index in [4.69, 9.17) is 0 Å². The molecule has 3 rings (SSSR count). The third-order valence-electron chi connectivity index (χ3n) is 6.26. The normalized spacial score (nSPS) is 12.2. The lowest BCUT2D eigenvalue weighted by molar-refractivity contribution is 0.440. The lowest BCUT2D eigenvalue weighted by Gasteiger charge is -2.30. The molecule has 0 saturated carbocycles. The Kier molecular flexibility index (Phi) is 6.14. The monoisotopic (exact) mass is 369 g/mol. The van der Waals surface area contributed by atoms with E-state index in [1.807, 2.05) is 12.3 Å². The summed E-state index contributed by atoms with van der Waals surface area (Å²) in [5, 5.41) is 0. The summed E-state index contributed by atoms with van der Waals surface area (Å²) in [6, 6.07) is 21.9. The first-order valence-corrected chi connectivity index (χ1v) is 10.3. The van der Waals surface area contributed by atoms with Crippen LogP contribution in [0.3, 0.4) is 0 Å². The number of nitrogens with zero attached hydrogens (tertiary/aromatic N) is 1. The second-order valence-electron chi connectivity index (χ2n) is 7.80. The topological polar surface area (TPSA) is 12.9 Å². The number of aromatic nitrogens is 1. The van der Waals surface area contributed by atoms with Crippen LogP contribution in [0.1, 0.15) is 58.6 Å². The van der Waals surface area contributed by atoms with Crippen LogP contribution in [0.4, 0.5) is 0 Å². The van der Waals surface area contributed by atoms with Crippen molar-refractivity contribution in [2.24, 2.45) is 0 Å². The molecule has 0 bridgehead atoms. The summed E-state index contributed by atoms with van der Waals surface area (Å²) >= 11 is 0. The smallest absolute Gasteiger partial charge is 0.0705 e. The summed E-state index contributed by atoms with van der Waals surface area (Å²) in [6.07, 6.45) is 6.27. The van der Waals surface area contributed by atoms with Crippen LogP contribution in [0.5, 0.6) is 0 Å². The molecule has 0 spiro atoms. The lowest BCUT2D eigenvalue weighted by atomic mass is 9.74. The van der Waals surface area contributed by atoms with E-state index >= 15 is 0 Å². The third-order valence-corrected chi connectivity index (χ3v) is 6.26. The summed E-state index contributed by atoms with van der Waals surface area (Å²) in [5.41, 5.74) is 8.89. The molecule has 3 aromatic rings. The van der Waals surface area contributed by atoms with Gasteiger partial charge in [-0.25, -0.2) is 0 Å². The minimum absolute atomic E-state index is 0.148. The second kappa shape index (κ2) is 8.56. The van der Waals surface area contributed by atoms with Crippen molar-refractivity contribution in [3.8, 4) is 22.4 Å². The van der Waals surface area contributed by atoms with Crippen LogP contribution in [0.2, 0.25) is 0 Å². The van der Waals surface area contributed by atoms with Gasteiger partial charge in [-0.05, 0) is 84.2 Å². The van der Waals surface area contributed by atoms with Crippen molar-refractivity contribution >= 4 is 5.57 Å². The first kappa shape index (κ1) is 20.1. The van der Waals surface area contributed by atoms with Gasteiger partial charge in [0, 0.05) is 11.8 Å². The zero-order valence-electron chi connectivity index (χ0n) is 17.8. The molecule has 0 atom stereocenters. The molecule has 1 heteroatoms. The highest BCUT2D eigenvalue weighted by molar-refractivity contribution is 5.77. The van der Waals surface area contributed by atoms with Crippen molar-refractivity contribution in [2.45, 2.75) is 52.9 Å². The van der Waals surface area contributed by atoms with Crippen LogP contribution < -0.4 is 0 Å². The minimum atomic E-state index is 0.148. The SMILES string of the molecule is C/C=C(\C)c1cccc(-c2ccc(C(C)(CC)CC)c(-c3ccccn3)c2)c1. The van der Waals surface area contributed by atoms with Crippen LogP contribution >= 0.6 is 0 Å². The number of allylic oxidation sites excluding steroid dienone is 2. The molecule has 1 heterocycles. The fourth-order valence-electron chi connectivity index (χ4n) is 3.73. The molecule has 0 radical (unpaired) electrons. The molecule has 144 valence electrons. The standard InChI is InChI=1S/C27H31N/c1-6-20(4)21-12-11-13-22(18-21)23-15-16-25(27(5,7-2)8-3)24(19-23)26-14-9-10-17-28-26/h6,9-19H,7-8H2,1-5H3/b20-6+. The Balaban J connectivity index is 2.19. The Morgan fingerprint density at radius 3 is 2.32 bits per heavy atom. The zero-order valence-corrected chi connectivity index (χ0v) is 17.8. The second-order valence-corrected chi connectivity index (χ2v) is 7.80. The molecular formula is C27H31N. The predicted octanol–water partition coefficient (Wildman–Crippen LogP) is 7.92. The molecule has 0 fully saturated rings. The van der Waals surface area contributed by atoms with E-state index < -0.39 is 0 Å². The van der Waals surface area contributed by atoms with Gasteiger partial charge < -0.3 is 0 Å². The molecule has 0 N–H and O–H groups in total. The fourth-order valence-corrected chi connectivity index (χ4v) is 3.73. The van der Waals surface area contributed by atoms with E-state index in [1.54, 1.807) is 0 Å². The maximum atomic E-state index is 4.68. The fraction of sp³-hybridized carbons (Fsp3) is 0.296. The molecule has 28 heavy (non-hydrogen) atoms. The molecule has 0 saturated heterocycles. The van der Waals surface area contributed by atoms with Gasteiger partial charge in [-0.2, -0.15) is 0 Å². The highest BCUT2D eigenvalue weighted by Crippen LogP contribution is 2.39. The molecule has 0 unspecified atom stereocenters. The van der Waals surface area contributed by atoms with Crippen LogP contribution in [-0.4, -0.2) is 4.98 Å². The summed E-state index contributed by atoms with van der Waals surface area (Å²) in [5.74, 6) is 0. The first-order chi connectivity index (χ1) is 13.5. The van der Waals surface area contributed by atoms with Gasteiger partial charge in [0.1, 0.15) is 0 Å². The number of hydrogen-bond donors (Lipinski definition) is 0. The van der Waals surface area contributed by atoms with Gasteiger partial charge in [0.15, 0.2) is 0 Å². The molecular weight excluding hydrogens is 338 g/mol. The van der Waals surface area contributed by atoms with Crippen molar-refractivity contribution in [1.82, 2.24) is 4.98 Å². The lowest BCUT2D eigenvalue weighted by Crippen LogP contribution is -2.20. The van der Waals surface area contributed by atoms with Gasteiger partial charge in [-0.15, -0.1) is 0 Å². The van der Waals surface area contributed by atoms with Crippen molar-refractivity contribution in [2.75, 3.05) is 0 Å². The van der Waals surface area contributed by atoms with E-state index in [0.29, 0.717) is 0 Å². The number of pyridine rings is 1. The average molecular weight is 370 g/mol. The maximum absolute atomic E-state index is 4.68. The highest BCUT2D eigenvalue weighted by Gasteiger charge is 2.26. The van der Waals surface area contributed by atoms with E-state index in [9.17, 15) is 0 Å². The van der Waals surface area contributed by atoms with E-state index in [-0.39, 0.29) is 5.41 Å². The molecule has 1 aromatic heterocycles. The summed E-state index contributed by atoms with van der Waals surface area (Å²) < 4.78 is 0. The van der Waals surface area contributed by atoms with Crippen molar-refractivity contribution in [3.63, 3.8) is 0 Å². The largest absolute Gasteiger partial charge is 0.256 e. The van der Waals surface area contributed by atoms with E-state index in [2.05, 4.69) is 100 Å². The van der Waals surface area contributed by atoms with Crippen molar-refractivity contribution < 1.29 is 0 Å². The molecule has 0 aliphatic heterocycles. The Hall–Kier alpha value is -2.67. The minimum Gasteiger partial charge on any atom is -0.256 e. The van der Waals surface area contributed by atoms with Gasteiger partial charge in [-0.1, -0.05) is 63.2 Å². The summed E-state index contributed by atoms with van der Waals surface area (Å²) in [4.78, 5) is 4.68. The van der Waals surface area contributed by atoms with Gasteiger partial charge in [-0.3, -0.25) is 4.98 Å². The molecule has 0 amide bonds. The van der Waals surface area contributed by atoms with Crippen LogP contribution in [0.25, 0.3) is 28.0 Å². The van der Waals surface area contributed by atoms with E-state index in [1.165, 1.54) is 33.4 Å². The zero-order chi connectivity index (χ0) is 20.1. The molecule has 0 aliphatic rings. The van der Waals surface area contributed by atoms with Gasteiger partial charge >= 0.3 is 0 Å². The van der Waals surface area contributed by atoms with Crippen molar-refractivity contribution in [1.29, 1.82) is 0 Å².